The van der Waals surface area contributed by atoms with E-state index >= 15 is 0 Å². The van der Waals surface area contributed by atoms with Crippen molar-refractivity contribution in [1.82, 2.24) is 14.8 Å². The van der Waals surface area contributed by atoms with E-state index in [2.05, 4.69) is 0 Å². The first-order valence-electron chi connectivity index (χ1n) is 10.9. The molecule has 5 nitrogen and oxygen atoms in total. The van der Waals surface area contributed by atoms with Crippen LogP contribution in [0.25, 0.3) is 10.2 Å². The molecular weight excluding hydrogens is 418 g/mol. The van der Waals surface area contributed by atoms with Gasteiger partial charge in [-0.25, -0.2) is 4.98 Å². The van der Waals surface area contributed by atoms with Crippen LogP contribution in [0.3, 0.4) is 0 Å². The molecule has 162 valence electrons. The Balaban J connectivity index is 1.31. The summed E-state index contributed by atoms with van der Waals surface area (Å²) in [5.74, 6) is 0.922. The highest BCUT2D eigenvalue weighted by Crippen LogP contribution is 2.35. The molecule has 1 aromatic carbocycles. The summed E-state index contributed by atoms with van der Waals surface area (Å²) in [5.41, 5.74) is 0.614. The summed E-state index contributed by atoms with van der Waals surface area (Å²) in [6.45, 7) is 8.83. The van der Waals surface area contributed by atoms with E-state index in [1.165, 1.54) is 4.70 Å². The highest BCUT2D eigenvalue weighted by Gasteiger charge is 2.35. The maximum absolute atomic E-state index is 13.0. The number of nitrogens with zero attached hydrogens (tertiary/aromatic N) is 3. The summed E-state index contributed by atoms with van der Waals surface area (Å²) in [4.78, 5) is 34.3. The quantitative estimate of drug-likeness (QED) is 0.655. The predicted molar refractivity (Wildman–Crippen MR) is 122 cm³/mol. The fourth-order valence-corrected chi connectivity index (χ4v) is 5.79. The summed E-state index contributed by atoms with van der Waals surface area (Å²) in [7, 11) is 0. The average molecular weight is 448 g/mol. The molecule has 0 radical (unpaired) electrons. The number of carbonyl (C=O) groups is 2. The van der Waals surface area contributed by atoms with Crippen LogP contribution in [0.2, 0.25) is 5.02 Å². The summed E-state index contributed by atoms with van der Waals surface area (Å²) < 4.78 is 1.17. The van der Waals surface area contributed by atoms with Crippen LogP contribution < -0.4 is 0 Å². The number of rotatable bonds is 2. The lowest BCUT2D eigenvalue weighted by molar-refractivity contribution is -0.145. The highest BCUT2D eigenvalue weighted by molar-refractivity contribution is 7.18. The molecule has 2 aliphatic rings. The van der Waals surface area contributed by atoms with Gasteiger partial charge in [0.05, 0.1) is 15.2 Å². The maximum Gasteiger partial charge on any atom is 0.227 e. The lowest BCUT2D eigenvalue weighted by Gasteiger charge is -2.38. The van der Waals surface area contributed by atoms with Gasteiger partial charge in [-0.2, -0.15) is 0 Å². The lowest BCUT2D eigenvalue weighted by atomic mass is 9.89. The molecule has 2 amide bonds. The van der Waals surface area contributed by atoms with E-state index in [1.807, 2.05) is 48.8 Å². The van der Waals surface area contributed by atoms with Crippen LogP contribution in [0.1, 0.15) is 57.4 Å². The third-order valence-electron chi connectivity index (χ3n) is 6.30. The van der Waals surface area contributed by atoms with E-state index in [9.17, 15) is 9.59 Å². The number of likely N-dealkylation sites (tertiary alicyclic amines) is 2. The first-order valence-corrected chi connectivity index (χ1v) is 12.1. The van der Waals surface area contributed by atoms with Crippen molar-refractivity contribution in [2.45, 2.75) is 52.4 Å². The number of thiazole rings is 1. The molecule has 7 heteroatoms. The van der Waals surface area contributed by atoms with E-state index in [0.717, 1.165) is 54.3 Å². The number of aromatic nitrogens is 1. The number of hydrogen-bond donors (Lipinski definition) is 0. The van der Waals surface area contributed by atoms with Crippen molar-refractivity contribution in [3.8, 4) is 0 Å². The Morgan fingerprint density at radius 1 is 1.03 bits per heavy atom. The van der Waals surface area contributed by atoms with E-state index < -0.39 is 0 Å². The van der Waals surface area contributed by atoms with Gasteiger partial charge < -0.3 is 9.80 Å². The summed E-state index contributed by atoms with van der Waals surface area (Å²) in [6.07, 6.45) is 3.47. The number of fused-ring (bicyclic) bond motifs is 1. The third kappa shape index (κ3) is 4.50. The number of benzene rings is 1. The van der Waals surface area contributed by atoms with Crippen molar-refractivity contribution in [3.05, 3.63) is 28.2 Å². The molecule has 1 aromatic heterocycles. The Morgan fingerprint density at radius 3 is 2.30 bits per heavy atom. The Hall–Kier alpha value is -1.66. The Labute approximate surface area is 187 Å². The van der Waals surface area contributed by atoms with Crippen molar-refractivity contribution < 1.29 is 9.59 Å². The minimum Gasteiger partial charge on any atom is -0.342 e. The standard InChI is InChI=1S/C23H30ClN3O2S/c1-23(2,3)22(29)27-12-8-16(9-13-27)21(28)26-10-6-15(7-11-26)20-25-18-14-17(24)4-5-19(18)30-20/h4-5,14-16H,6-13H2,1-3H3. The zero-order valence-corrected chi connectivity index (χ0v) is 19.6. The van der Waals surface area contributed by atoms with Crippen molar-refractivity contribution >= 4 is 45.0 Å². The van der Waals surface area contributed by atoms with Gasteiger partial charge in [-0.1, -0.05) is 32.4 Å². The molecule has 30 heavy (non-hydrogen) atoms. The van der Waals surface area contributed by atoms with Crippen molar-refractivity contribution in [1.29, 1.82) is 0 Å². The van der Waals surface area contributed by atoms with Crippen LogP contribution in [-0.2, 0) is 9.59 Å². The van der Waals surface area contributed by atoms with Crippen LogP contribution in [-0.4, -0.2) is 52.8 Å². The van der Waals surface area contributed by atoms with Gasteiger partial charge in [-0.15, -0.1) is 11.3 Å². The normalized spacial score (nSPS) is 19.5. The van der Waals surface area contributed by atoms with Crippen molar-refractivity contribution in [2.75, 3.05) is 26.2 Å². The van der Waals surface area contributed by atoms with Crippen molar-refractivity contribution in [2.24, 2.45) is 11.3 Å². The molecule has 0 spiro atoms. The van der Waals surface area contributed by atoms with Gasteiger partial charge in [0.1, 0.15) is 0 Å². The number of amides is 2. The number of hydrogen-bond acceptors (Lipinski definition) is 4. The molecule has 0 atom stereocenters. The molecule has 0 saturated carbocycles. The number of piperidine rings is 2. The molecule has 2 saturated heterocycles. The third-order valence-corrected chi connectivity index (χ3v) is 7.73. The number of carbonyl (C=O) groups excluding carboxylic acids is 2. The van der Waals surface area contributed by atoms with Crippen LogP contribution in [0.5, 0.6) is 0 Å². The highest BCUT2D eigenvalue weighted by atomic mass is 35.5. The monoisotopic (exact) mass is 447 g/mol. The smallest absolute Gasteiger partial charge is 0.227 e. The second-order valence-corrected chi connectivity index (χ2v) is 11.1. The van der Waals surface area contributed by atoms with Gasteiger partial charge in [0.25, 0.3) is 0 Å². The minimum absolute atomic E-state index is 0.0511. The molecule has 4 rings (SSSR count). The maximum atomic E-state index is 13.0. The van der Waals surface area contributed by atoms with Gasteiger partial charge in [0.2, 0.25) is 11.8 Å². The van der Waals surface area contributed by atoms with Crippen LogP contribution in [0, 0.1) is 11.3 Å². The van der Waals surface area contributed by atoms with E-state index in [0.29, 0.717) is 19.0 Å². The van der Waals surface area contributed by atoms with Gasteiger partial charge >= 0.3 is 0 Å². The fraction of sp³-hybridized carbons (Fsp3) is 0.609. The van der Waals surface area contributed by atoms with Crippen LogP contribution in [0.4, 0.5) is 0 Å². The molecule has 3 heterocycles. The lowest BCUT2D eigenvalue weighted by Crippen LogP contribution is -2.48. The molecule has 0 N–H and O–H groups in total. The zero-order chi connectivity index (χ0) is 21.5. The van der Waals surface area contributed by atoms with Gasteiger partial charge in [-0.05, 0) is 43.9 Å². The van der Waals surface area contributed by atoms with Crippen LogP contribution >= 0.6 is 22.9 Å². The molecule has 2 aromatic rings. The molecule has 2 fully saturated rings. The Bertz CT molecular complexity index is 936. The molecular formula is C23H30ClN3O2S. The summed E-state index contributed by atoms with van der Waals surface area (Å²) >= 11 is 7.83. The Morgan fingerprint density at radius 2 is 1.67 bits per heavy atom. The zero-order valence-electron chi connectivity index (χ0n) is 18.0. The van der Waals surface area contributed by atoms with Gasteiger partial charge in [-0.3, -0.25) is 9.59 Å². The number of halogens is 1. The topological polar surface area (TPSA) is 53.5 Å². The van der Waals surface area contributed by atoms with E-state index in [-0.39, 0.29) is 23.1 Å². The summed E-state index contributed by atoms with van der Waals surface area (Å²) in [5, 5.41) is 1.88. The average Bonchev–Trinajstić information content (AvgIpc) is 3.15. The first kappa shape index (κ1) is 21.6. The first-order chi connectivity index (χ1) is 14.2. The van der Waals surface area contributed by atoms with Crippen LogP contribution in [0.15, 0.2) is 18.2 Å². The summed E-state index contributed by atoms with van der Waals surface area (Å²) in [6, 6.07) is 5.87. The second kappa shape index (κ2) is 8.46. The fourth-order valence-electron chi connectivity index (χ4n) is 4.50. The largest absolute Gasteiger partial charge is 0.342 e. The molecule has 0 unspecified atom stereocenters. The van der Waals surface area contributed by atoms with Gasteiger partial charge in [0.15, 0.2) is 0 Å². The molecule has 2 aliphatic heterocycles. The predicted octanol–water partition coefficient (Wildman–Crippen LogP) is 4.94. The Kier molecular flexibility index (Phi) is 6.08. The van der Waals surface area contributed by atoms with E-state index in [4.69, 9.17) is 16.6 Å². The SMILES string of the molecule is CC(C)(C)C(=O)N1CCC(C(=O)N2CCC(c3nc4cc(Cl)ccc4s3)CC2)CC1. The molecule has 0 bridgehead atoms. The van der Waals surface area contributed by atoms with Crippen molar-refractivity contribution in [3.63, 3.8) is 0 Å². The second-order valence-electron chi connectivity index (χ2n) is 9.58. The van der Waals surface area contributed by atoms with E-state index in [1.54, 1.807) is 11.3 Å². The minimum atomic E-state index is -0.356. The molecule has 0 aliphatic carbocycles. The van der Waals surface area contributed by atoms with Gasteiger partial charge in [0, 0.05) is 48.5 Å².